The van der Waals surface area contributed by atoms with Gasteiger partial charge in [-0.1, -0.05) is 19.1 Å². The van der Waals surface area contributed by atoms with E-state index < -0.39 is 0 Å². The largest absolute Gasteiger partial charge is 0.490 e. The molecule has 0 amide bonds. The highest BCUT2D eigenvalue weighted by atomic mass is 127. The molecule has 0 radical (unpaired) electrons. The van der Waals surface area contributed by atoms with Crippen molar-refractivity contribution in [3.8, 4) is 5.75 Å². The molecule has 0 saturated heterocycles. The fraction of sp³-hybridized carbons (Fsp3) is 0.565. The Morgan fingerprint density at radius 3 is 2.53 bits per heavy atom. The van der Waals surface area contributed by atoms with E-state index in [0.29, 0.717) is 6.54 Å². The van der Waals surface area contributed by atoms with E-state index in [2.05, 4.69) is 75.5 Å². The van der Waals surface area contributed by atoms with Crippen molar-refractivity contribution in [1.82, 2.24) is 20.4 Å². The van der Waals surface area contributed by atoms with E-state index in [1.807, 2.05) is 11.7 Å². The topological polar surface area (TPSA) is 63.5 Å². The Morgan fingerprint density at radius 1 is 1.20 bits per heavy atom. The van der Waals surface area contributed by atoms with Crippen molar-refractivity contribution in [3.63, 3.8) is 0 Å². The number of ether oxygens (including phenoxy) is 1. The summed E-state index contributed by atoms with van der Waals surface area (Å²) in [6, 6.07) is 6.33. The lowest BCUT2D eigenvalue weighted by atomic mass is 10.1. The first kappa shape index (κ1) is 26.3. The zero-order chi connectivity index (χ0) is 21.4. The van der Waals surface area contributed by atoms with Crippen LogP contribution in [0.25, 0.3) is 0 Å². The van der Waals surface area contributed by atoms with Gasteiger partial charge in [-0.2, -0.15) is 5.10 Å². The Morgan fingerprint density at radius 2 is 1.93 bits per heavy atom. The average molecular weight is 527 g/mol. The van der Waals surface area contributed by atoms with Gasteiger partial charge in [0, 0.05) is 31.4 Å². The Kier molecular flexibility index (Phi) is 11.2. The molecule has 0 bridgehead atoms. The number of hydrogen-bond donors (Lipinski definition) is 2. The molecule has 0 aliphatic rings. The molecule has 2 aromatic rings. The highest BCUT2D eigenvalue weighted by Crippen LogP contribution is 2.23. The molecule has 1 heterocycles. The molecule has 0 fully saturated rings. The van der Waals surface area contributed by atoms with Crippen LogP contribution in [0, 0.1) is 20.8 Å². The van der Waals surface area contributed by atoms with Gasteiger partial charge in [0.25, 0.3) is 0 Å². The van der Waals surface area contributed by atoms with E-state index in [1.165, 1.54) is 16.8 Å². The van der Waals surface area contributed by atoms with Gasteiger partial charge >= 0.3 is 0 Å². The molecule has 0 saturated carbocycles. The predicted molar refractivity (Wildman–Crippen MR) is 136 cm³/mol. The highest BCUT2D eigenvalue weighted by Gasteiger charge is 2.10. The Labute approximate surface area is 198 Å². The average Bonchev–Trinajstić information content (AvgIpc) is 2.93. The molecule has 1 aromatic heterocycles. The molecule has 1 aromatic carbocycles. The summed E-state index contributed by atoms with van der Waals surface area (Å²) in [4.78, 5) is 4.78. The van der Waals surface area contributed by atoms with Crippen LogP contribution in [0.1, 0.15) is 55.3 Å². The van der Waals surface area contributed by atoms with E-state index in [9.17, 15) is 0 Å². The third-order valence-corrected chi connectivity index (χ3v) is 5.20. The molecule has 1 unspecified atom stereocenters. The van der Waals surface area contributed by atoms with Crippen LogP contribution in [-0.2, 0) is 20.0 Å². The van der Waals surface area contributed by atoms with Crippen LogP contribution in [0.2, 0.25) is 0 Å². The molecule has 1 atom stereocenters. The van der Waals surface area contributed by atoms with Gasteiger partial charge in [0.1, 0.15) is 5.75 Å². The molecule has 0 aliphatic heterocycles. The molecule has 0 spiro atoms. The second-order valence-electron chi connectivity index (χ2n) is 7.59. The summed E-state index contributed by atoms with van der Waals surface area (Å²) < 4.78 is 8.06. The molecular weight excluding hydrogens is 489 g/mol. The monoisotopic (exact) mass is 527 g/mol. The second kappa shape index (κ2) is 12.8. The number of aryl methyl sites for hydroxylation is 3. The molecule has 30 heavy (non-hydrogen) atoms. The van der Waals surface area contributed by atoms with Crippen molar-refractivity contribution in [2.45, 2.75) is 67.0 Å². The molecular formula is C23H38IN5O. The van der Waals surface area contributed by atoms with Crippen molar-refractivity contribution in [3.05, 3.63) is 46.3 Å². The van der Waals surface area contributed by atoms with E-state index >= 15 is 0 Å². The summed E-state index contributed by atoms with van der Waals surface area (Å²) in [5.74, 6) is 1.75. The van der Waals surface area contributed by atoms with Gasteiger partial charge in [0.2, 0.25) is 0 Å². The fourth-order valence-corrected chi connectivity index (χ4v) is 3.19. The van der Waals surface area contributed by atoms with Gasteiger partial charge in [-0.15, -0.1) is 24.0 Å². The van der Waals surface area contributed by atoms with E-state index in [0.717, 1.165) is 48.9 Å². The van der Waals surface area contributed by atoms with Gasteiger partial charge in [-0.25, -0.2) is 4.99 Å². The summed E-state index contributed by atoms with van der Waals surface area (Å²) in [5.41, 5.74) is 5.92. The number of aromatic nitrogens is 2. The third-order valence-electron chi connectivity index (χ3n) is 5.20. The quantitative estimate of drug-likeness (QED) is 0.288. The zero-order valence-corrected chi connectivity index (χ0v) is 21.8. The van der Waals surface area contributed by atoms with Crippen LogP contribution in [0.3, 0.4) is 0 Å². The summed E-state index contributed by atoms with van der Waals surface area (Å²) in [7, 11) is 1.99. The first-order valence-corrected chi connectivity index (χ1v) is 10.6. The van der Waals surface area contributed by atoms with E-state index in [1.54, 1.807) is 0 Å². The number of benzene rings is 1. The minimum absolute atomic E-state index is 0. The number of rotatable bonds is 9. The Bertz CT molecular complexity index is 831. The van der Waals surface area contributed by atoms with Crippen molar-refractivity contribution >= 4 is 29.9 Å². The lowest BCUT2D eigenvalue weighted by Gasteiger charge is -2.17. The van der Waals surface area contributed by atoms with Crippen LogP contribution in [0.4, 0.5) is 0 Å². The van der Waals surface area contributed by atoms with Crippen molar-refractivity contribution in [2.24, 2.45) is 12.0 Å². The second-order valence-corrected chi connectivity index (χ2v) is 7.59. The maximum atomic E-state index is 6.12. The van der Waals surface area contributed by atoms with Crippen LogP contribution >= 0.6 is 24.0 Å². The molecule has 6 nitrogen and oxygen atoms in total. The summed E-state index contributed by atoms with van der Waals surface area (Å²) in [6.45, 7) is 14.8. The van der Waals surface area contributed by atoms with Gasteiger partial charge in [-0.05, 0) is 64.7 Å². The van der Waals surface area contributed by atoms with Gasteiger partial charge in [-0.3, -0.25) is 4.68 Å². The van der Waals surface area contributed by atoms with Gasteiger partial charge in [0.05, 0.1) is 18.3 Å². The SMILES string of the molecule is CCNC(=NCc1ccc(C)cc1OC(C)CC)NCCc1c(C)nn(C)c1C.I. The number of nitrogens with one attached hydrogen (secondary N) is 2. The fourth-order valence-electron chi connectivity index (χ4n) is 3.19. The van der Waals surface area contributed by atoms with Crippen LogP contribution in [0.15, 0.2) is 23.2 Å². The maximum absolute atomic E-state index is 6.12. The number of halogens is 1. The lowest BCUT2D eigenvalue weighted by molar-refractivity contribution is 0.215. The smallest absolute Gasteiger partial charge is 0.191 e. The van der Waals surface area contributed by atoms with Gasteiger partial charge in [0.15, 0.2) is 5.96 Å². The minimum Gasteiger partial charge on any atom is -0.490 e. The normalized spacial score (nSPS) is 12.3. The summed E-state index contributed by atoms with van der Waals surface area (Å²) >= 11 is 0. The van der Waals surface area contributed by atoms with Crippen LogP contribution < -0.4 is 15.4 Å². The molecule has 2 rings (SSSR count). The number of guanidine groups is 1. The first-order valence-electron chi connectivity index (χ1n) is 10.6. The van der Waals surface area contributed by atoms with Crippen molar-refractivity contribution < 1.29 is 4.74 Å². The Balaban J connectivity index is 0.00000450. The van der Waals surface area contributed by atoms with Crippen molar-refractivity contribution in [1.29, 1.82) is 0 Å². The van der Waals surface area contributed by atoms with Crippen LogP contribution in [-0.4, -0.2) is 34.9 Å². The molecule has 0 aliphatic carbocycles. The predicted octanol–water partition coefficient (Wildman–Crippen LogP) is 4.44. The van der Waals surface area contributed by atoms with Gasteiger partial charge < -0.3 is 15.4 Å². The minimum atomic E-state index is 0. The summed E-state index contributed by atoms with van der Waals surface area (Å²) in [5, 5.41) is 11.3. The highest BCUT2D eigenvalue weighted by molar-refractivity contribution is 14.0. The number of hydrogen-bond acceptors (Lipinski definition) is 3. The Hall–Kier alpha value is -1.77. The molecule has 7 heteroatoms. The zero-order valence-electron chi connectivity index (χ0n) is 19.5. The summed E-state index contributed by atoms with van der Waals surface area (Å²) in [6.07, 6.45) is 2.09. The first-order chi connectivity index (χ1) is 13.8. The van der Waals surface area contributed by atoms with E-state index in [-0.39, 0.29) is 30.1 Å². The lowest BCUT2D eigenvalue weighted by Crippen LogP contribution is -2.38. The maximum Gasteiger partial charge on any atom is 0.191 e. The third kappa shape index (κ3) is 7.49. The number of aliphatic imine (C=N–C) groups is 1. The molecule has 168 valence electrons. The molecule has 2 N–H and O–H groups in total. The van der Waals surface area contributed by atoms with Crippen molar-refractivity contribution in [2.75, 3.05) is 13.1 Å². The standard InChI is InChI=1S/C23H37N5O.HI/c1-8-17(4)29-22-14-16(3)10-11-20(22)15-26-23(24-9-2)25-13-12-21-18(5)27-28(7)19(21)6;/h10-11,14,17H,8-9,12-13,15H2,1-7H3,(H2,24,25,26);1H. The number of nitrogens with zero attached hydrogens (tertiary/aromatic N) is 3. The van der Waals surface area contributed by atoms with E-state index in [4.69, 9.17) is 9.73 Å². The van der Waals surface area contributed by atoms with Crippen LogP contribution in [0.5, 0.6) is 5.75 Å².